The number of hydrogen-bond acceptors (Lipinski definition) is 6. The summed E-state index contributed by atoms with van der Waals surface area (Å²) in [4.78, 5) is 35.7. The summed E-state index contributed by atoms with van der Waals surface area (Å²) >= 11 is 12.1. The summed E-state index contributed by atoms with van der Waals surface area (Å²) in [5.41, 5.74) is 0.516. The first-order valence-electron chi connectivity index (χ1n) is 7.33. The van der Waals surface area contributed by atoms with Gasteiger partial charge in [0.25, 0.3) is 11.6 Å². The highest BCUT2D eigenvalue weighted by Crippen LogP contribution is 2.37. The number of carbonyl (C=O) groups is 2. The Balaban J connectivity index is 1.96. The van der Waals surface area contributed by atoms with E-state index in [-0.39, 0.29) is 25.5 Å². The van der Waals surface area contributed by atoms with E-state index in [4.69, 9.17) is 28.9 Å². The van der Waals surface area contributed by atoms with E-state index >= 15 is 0 Å². The molecule has 1 saturated heterocycles. The Morgan fingerprint density at radius 2 is 2.04 bits per heavy atom. The van der Waals surface area contributed by atoms with Gasteiger partial charge in [0.2, 0.25) is 0 Å². The van der Waals surface area contributed by atoms with Crippen LogP contribution in [0.1, 0.15) is 15.9 Å². The third-order valence-corrected chi connectivity index (χ3v) is 5.23. The minimum Gasteiger partial charge on any atom is -0.478 e. The van der Waals surface area contributed by atoms with Gasteiger partial charge in [0, 0.05) is 6.07 Å². The molecule has 0 radical (unpaired) electrons. The predicted molar refractivity (Wildman–Crippen MR) is 107 cm³/mol. The number of carboxylic acids is 1. The molecular weight excluding hydrogens is 412 g/mol. The third-order valence-electron chi connectivity index (χ3n) is 3.61. The van der Waals surface area contributed by atoms with Crippen molar-refractivity contribution in [3.05, 3.63) is 73.6 Å². The fourth-order valence-corrected chi connectivity index (χ4v) is 3.86. The average Bonchev–Trinajstić information content (AvgIpc) is 2.90. The van der Waals surface area contributed by atoms with E-state index in [0.717, 1.165) is 11.8 Å². The molecule has 2 aromatic carbocycles. The maximum atomic E-state index is 12.7. The topological polar surface area (TPSA) is 101 Å². The molecule has 1 amide bonds. The van der Waals surface area contributed by atoms with Crippen LogP contribution in [0.25, 0.3) is 6.08 Å². The van der Waals surface area contributed by atoms with E-state index in [1.807, 2.05) is 0 Å². The number of hydrogen-bond donors (Lipinski definition) is 1. The molecule has 2 aromatic rings. The lowest BCUT2D eigenvalue weighted by molar-refractivity contribution is -0.384. The molecule has 1 aliphatic rings. The SMILES string of the molecule is O=C(O)c1cccc(N2C(=O)/C(=C\c3ccc(Cl)c([N+](=O)[O-])c3)SC2=S)c1. The van der Waals surface area contributed by atoms with E-state index in [9.17, 15) is 19.7 Å². The van der Waals surface area contributed by atoms with Gasteiger partial charge in [0.1, 0.15) is 5.02 Å². The first-order valence-corrected chi connectivity index (χ1v) is 8.93. The molecular formula is C17H9ClN2O5S2. The van der Waals surface area contributed by atoms with Gasteiger partial charge >= 0.3 is 5.97 Å². The van der Waals surface area contributed by atoms with Crippen molar-refractivity contribution >= 4 is 69.2 Å². The zero-order valence-corrected chi connectivity index (χ0v) is 15.7. The monoisotopic (exact) mass is 420 g/mol. The molecule has 1 N–H and O–H groups in total. The zero-order chi connectivity index (χ0) is 19.7. The van der Waals surface area contributed by atoms with Crippen molar-refractivity contribution in [2.45, 2.75) is 0 Å². The number of aromatic carboxylic acids is 1. The summed E-state index contributed by atoms with van der Waals surface area (Å²) in [7, 11) is 0. The molecule has 0 bridgehead atoms. The van der Waals surface area contributed by atoms with Gasteiger partial charge in [0.05, 0.1) is 21.1 Å². The number of thioether (sulfide) groups is 1. The number of nitro benzene ring substituents is 1. The van der Waals surface area contributed by atoms with Crippen molar-refractivity contribution in [3.8, 4) is 0 Å². The van der Waals surface area contributed by atoms with Crippen LogP contribution in [0.15, 0.2) is 47.4 Å². The molecule has 1 aliphatic heterocycles. The molecule has 0 aromatic heterocycles. The first kappa shape index (κ1) is 19.0. The third kappa shape index (κ3) is 3.85. The summed E-state index contributed by atoms with van der Waals surface area (Å²) in [5.74, 6) is -1.56. The number of thiocarbonyl (C=S) groups is 1. The predicted octanol–water partition coefficient (Wildman–Crippen LogP) is 4.35. The molecule has 0 spiro atoms. The summed E-state index contributed by atoms with van der Waals surface area (Å²) in [6, 6.07) is 10.0. The van der Waals surface area contributed by atoms with Gasteiger partial charge in [-0.25, -0.2) is 4.79 Å². The van der Waals surface area contributed by atoms with E-state index < -0.39 is 16.8 Å². The normalized spacial score (nSPS) is 15.4. The van der Waals surface area contributed by atoms with Crippen LogP contribution in [0.2, 0.25) is 5.02 Å². The van der Waals surface area contributed by atoms with Gasteiger partial charge in [-0.15, -0.1) is 0 Å². The van der Waals surface area contributed by atoms with Crippen molar-refractivity contribution < 1.29 is 19.6 Å². The Bertz CT molecular complexity index is 1040. The van der Waals surface area contributed by atoms with Gasteiger partial charge in [-0.05, 0) is 35.9 Å². The standard InChI is InChI=1S/C17H9ClN2O5S2/c18-12-5-4-9(6-13(12)20(24)25)7-14-15(21)19(17(26)27-14)11-3-1-2-10(8-11)16(22)23/h1-8H,(H,22,23)/b14-7+. The highest BCUT2D eigenvalue weighted by molar-refractivity contribution is 8.27. The Labute approximate surface area is 167 Å². The lowest BCUT2D eigenvalue weighted by Crippen LogP contribution is -2.27. The Kier molecular flexibility index (Phi) is 5.26. The number of anilines is 1. The Morgan fingerprint density at radius 3 is 2.70 bits per heavy atom. The molecule has 3 rings (SSSR count). The second-order valence-corrected chi connectivity index (χ2v) is 7.42. The van der Waals surface area contributed by atoms with Crippen LogP contribution in [0.4, 0.5) is 11.4 Å². The lowest BCUT2D eigenvalue weighted by Gasteiger charge is -2.14. The van der Waals surface area contributed by atoms with Crippen molar-refractivity contribution in [2.75, 3.05) is 4.90 Å². The summed E-state index contributed by atoms with van der Waals surface area (Å²) in [6.07, 6.45) is 1.48. The number of carboxylic acid groups (broad SMARTS) is 1. The lowest BCUT2D eigenvalue weighted by atomic mass is 10.1. The molecule has 0 unspecified atom stereocenters. The van der Waals surface area contributed by atoms with E-state index in [2.05, 4.69) is 0 Å². The fraction of sp³-hybridized carbons (Fsp3) is 0. The van der Waals surface area contributed by atoms with E-state index in [1.165, 1.54) is 41.3 Å². The van der Waals surface area contributed by atoms with Gasteiger partial charge < -0.3 is 5.11 Å². The minimum atomic E-state index is -1.12. The number of halogens is 1. The van der Waals surface area contributed by atoms with Crippen LogP contribution >= 0.6 is 35.6 Å². The number of amides is 1. The Hall–Kier alpha value is -2.75. The molecule has 0 saturated carbocycles. The first-order chi connectivity index (χ1) is 12.8. The van der Waals surface area contributed by atoms with Crippen LogP contribution in [-0.4, -0.2) is 26.2 Å². The van der Waals surface area contributed by atoms with E-state index in [1.54, 1.807) is 12.1 Å². The van der Waals surface area contributed by atoms with Gasteiger partial charge in [0.15, 0.2) is 4.32 Å². The molecule has 1 heterocycles. The molecule has 0 aliphatic carbocycles. The molecule has 1 fully saturated rings. The van der Waals surface area contributed by atoms with Crippen molar-refractivity contribution in [1.82, 2.24) is 0 Å². The van der Waals surface area contributed by atoms with Crippen LogP contribution in [0.3, 0.4) is 0 Å². The number of rotatable bonds is 4. The summed E-state index contributed by atoms with van der Waals surface area (Å²) in [5, 5.41) is 20.1. The largest absolute Gasteiger partial charge is 0.478 e. The maximum absolute atomic E-state index is 12.7. The Morgan fingerprint density at radius 1 is 1.30 bits per heavy atom. The molecule has 136 valence electrons. The molecule has 7 nitrogen and oxygen atoms in total. The van der Waals surface area contributed by atoms with Gasteiger partial charge in [-0.1, -0.05) is 47.7 Å². The highest BCUT2D eigenvalue weighted by atomic mass is 35.5. The second-order valence-electron chi connectivity index (χ2n) is 5.34. The molecule has 27 heavy (non-hydrogen) atoms. The van der Waals surface area contributed by atoms with Crippen LogP contribution in [0, 0.1) is 10.1 Å². The quantitative estimate of drug-likeness (QED) is 0.339. The zero-order valence-electron chi connectivity index (χ0n) is 13.3. The molecule has 10 heteroatoms. The smallest absolute Gasteiger partial charge is 0.335 e. The second kappa shape index (κ2) is 7.47. The van der Waals surface area contributed by atoms with Crippen LogP contribution in [-0.2, 0) is 4.79 Å². The number of nitro groups is 1. The van der Waals surface area contributed by atoms with Crippen molar-refractivity contribution in [1.29, 1.82) is 0 Å². The van der Waals surface area contributed by atoms with Crippen molar-refractivity contribution in [3.63, 3.8) is 0 Å². The average molecular weight is 421 g/mol. The number of carbonyl (C=O) groups excluding carboxylic acids is 1. The summed E-state index contributed by atoms with van der Waals surface area (Å²) < 4.78 is 0.234. The van der Waals surface area contributed by atoms with E-state index in [0.29, 0.717) is 11.3 Å². The number of benzene rings is 2. The number of nitrogens with zero attached hydrogens (tertiary/aromatic N) is 2. The van der Waals surface area contributed by atoms with Gasteiger partial charge in [-0.3, -0.25) is 19.8 Å². The fourth-order valence-electron chi connectivity index (χ4n) is 2.38. The van der Waals surface area contributed by atoms with Crippen molar-refractivity contribution in [2.24, 2.45) is 0 Å². The van der Waals surface area contributed by atoms with Crippen LogP contribution < -0.4 is 4.90 Å². The highest BCUT2D eigenvalue weighted by Gasteiger charge is 2.33. The minimum absolute atomic E-state index is 0.00446. The maximum Gasteiger partial charge on any atom is 0.335 e. The summed E-state index contributed by atoms with van der Waals surface area (Å²) in [6.45, 7) is 0. The van der Waals surface area contributed by atoms with Crippen LogP contribution in [0.5, 0.6) is 0 Å². The molecule has 0 atom stereocenters. The van der Waals surface area contributed by atoms with Gasteiger partial charge in [-0.2, -0.15) is 0 Å².